The highest BCUT2D eigenvalue weighted by Gasteiger charge is 2.33. The second-order valence-electron chi connectivity index (χ2n) is 4.54. The van der Waals surface area contributed by atoms with Crippen LogP contribution in [-0.2, 0) is 6.18 Å². The van der Waals surface area contributed by atoms with E-state index >= 15 is 0 Å². The molecule has 24 heavy (non-hydrogen) atoms. The third-order valence-corrected chi connectivity index (χ3v) is 4.29. The maximum absolute atomic E-state index is 12.8. The molecule has 0 spiro atoms. The molecule has 1 heterocycles. The number of aryl methyl sites for hydroxylation is 1. The molecule has 0 radical (unpaired) electrons. The van der Waals surface area contributed by atoms with Gasteiger partial charge in [0.05, 0.1) is 27.9 Å². The summed E-state index contributed by atoms with van der Waals surface area (Å²) in [5, 5.41) is 14.6. The molecule has 0 unspecified atom stereocenters. The van der Waals surface area contributed by atoms with Crippen molar-refractivity contribution in [1.29, 1.82) is 5.26 Å². The van der Waals surface area contributed by atoms with Gasteiger partial charge in [-0.05, 0) is 37.7 Å². The number of ether oxygens (including phenoxy) is 1. The lowest BCUT2D eigenvalue weighted by Gasteiger charge is -2.14. The standard InChI is InChI=1S/C14H10Cl2F3N3OS/c1-3-23-13-12(24-6-20)7(2)21-22(13)11-9(15)4-8(5-10(11)16)14(17,18)19/h4-5H,3H2,1-2H3. The first-order chi connectivity index (χ1) is 11.2. The van der Waals surface area contributed by atoms with Crippen molar-refractivity contribution in [1.82, 2.24) is 9.78 Å². The van der Waals surface area contributed by atoms with Gasteiger partial charge < -0.3 is 4.74 Å². The summed E-state index contributed by atoms with van der Waals surface area (Å²) in [6.07, 6.45) is -4.57. The summed E-state index contributed by atoms with van der Waals surface area (Å²) in [7, 11) is 0. The largest absolute Gasteiger partial charge is 0.477 e. The van der Waals surface area contributed by atoms with E-state index in [9.17, 15) is 13.2 Å². The lowest BCUT2D eigenvalue weighted by Crippen LogP contribution is -2.08. The van der Waals surface area contributed by atoms with Gasteiger partial charge in [0.1, 0.15) is 16.0 Å². The Hall–Kier alpha value is -1.56. The van der Waals surface area contributed by atoms with Gasteiger partial charge in [-0.3, -0.25) is 0 Å². The normalized spacial score (nSPS) is 11.4. The van der Waals surface area contributed by atoms with Crippen LogP contribution in [0.4, 0.5) is 13.2 Å². The van der Waals surface area contributed by atoms with E-state index in [1.54, 1.807) is 13.8 Å². The number of thiocyanates is 1. The van der Waals surface area contributed by atoms with Crippen LogP contribution in [0.5, 0.6) is 5.88 Å². The van der Waals surface area contributed by atoms with Crippen molar-refractivity contribution in [2.24, 2.45) is 0 Å². The first kappa shape index (κ1) is 18.8. The van der Waals surface area contributed by atoms with Crippen LogP contribution in [0.15, 0.2) is 17.0 Å². The number of halogens is 5. The average Bonchev–Trinajstić information content (AvgIpc) is 2.75. The number of rotatable bonds is 4. The Morgan fingerprint density at radius 2 is 1.92 bits per heavy atom. The van der Waals surface area contributed by atoms with Crippen LogP contribution in [0.2, 0.25) is 10.0 Å². The number of hydrogen-bond donors (Lipinski definition) is 0. The molecule has 0 atom stereocenters. The molecule has 128 valence electrons. The number of nitrogens with zero attached hydrogens (tertiary/aromatic N) is 3. The molecule has 1 aromatic carbocycles. The molecule has 0 N–H and O–H groups in total. The van der Waals surface area contributed by atoms with Gasteiger partial charge in [-0.15, -0.1) is 0 Å². The summed E-state index contributed by atoms with van der Waals surface area (Å²) in [6, 6.07) is 1.54. The zero-order valence-electron chi connectivity index (χ0n) is 12.4. The maximum atomic E-state index is 12.8. The van der Waals surface area contributed by atoms with Crippen LogP contribution in [-0.4, -0.2) is 16.4 Å². The second-order valence-corrected chi connectivity index (χ2v) is 6.15. The Morgan fingerprint density at radius 3 is 2.38 bits per heavy atom. The van der Waals surface area contributed by atoms with Crippen LogP contribution >= 0.6 is 35.0 Å². The van der Waals surface area contributed by atoms with E-state index in [1.165, 1.54) is 4.68 Å². The Labute approximate surface area is 150 Å². The minimum Gasteiger partial charge on any atom is -0.477 e. The van der Waals surface area contributed by atoms with Gasteiger partial charge in [0.25, 0.3) is 0 Å². The quantitative estimate of drug-likeness (QED) is 0.508. The topological polar surface area (TPSA) is 50.8 Å². The molecule has 4 nitrogen and oxygen atoms in total. The van der Waals surface area contributed by atoms with Crippen LogP contribution in [0.1, 0.15) is 18.2 Å². The highest BCUT2D eigenvalue weighted by atomic mass is 35.5. The highest BCUT2D eigenvalue weighted by Crippen LogP contribution is 2.41. The third-order valence-electron chi connectivity index (χ3n) is 2.95. The molecule has 0 amide bonds. The molecule has 0 saturated carbocycles. The molecule has 0 aliphatic carbocycles. The van der Waals surface area contributed by atoms with Crippen molar-refractivity contribution >= 4 is 35.0 Å². The fourth-order valence-electron chi connectivity index (χ4n) is 2.00. The monoisotopic (exact) mass is 395 g/mol. The Bertz CT molecular complexity index is 792. The van der Waals surface area contributed by atoms with E-state index in [-0.39, 0.29) is 28.2 Å². The zero-order valence-corrected chi connectivity index (χ0v) is 14.7. The van der Waals surface area contributed by atoms with Crippen LogP contribution in [0.3, 0.4) is 0 Å². The molecule has 2 aromatic rings. The Kier molecular flexibility index (Phi) is 5.58. The summed E-state index contributed by atoms with van der Waals surface area (Å²) < 4.78 is 45.2. The van der Waals surface area contributed by atoms with E-state index in [0.717, 1.165) is 23.9 Å². The molecule has 0 aliphatic rings. The van der Waals surface area contributed by atoms with Gasteiger partial charge in [-0.1, -0.05) is 23.2 Å². The zero-order chi connectivity index (χ0) is 18.1. The van der Waals surface area contributed by atoms with E-state index in [1.807, 2.05) is 5.40 Å². The Morgan fingerprint density at radius 1 is 1.33 bits per heavy atom. The van der Waals surface area contributed by atoms with Gasteiger partial charge in [0.2, 0.25) is 5.88 Å². The van der Waals surface area contributed by atoms with Gasteiger partial charge >= 0.3 is 6.18 Å². The fourth-order valence-corrected chi connectivity index (χ4v) is 3.16. The van der Waals surface area contributed by atoms with E-state index in [4.69, 9.17) is 33.2 Å². The molecular weight excluding hydrogens is 386 g/mol. The lowest BCUT2D eigenvalue weighted by atomic mass is 10.2. The van der Waals surface area contributed by atoms with Crippen LogP contribution < -0.4 is 4.74 Å². The molecule has 10 heteroatoms. The molecule has 2 rings (SSSR count). The minimum atomic E-state index is -4.57. The number of aromatic nitrogens is 2. The van der Waals surface area contributed by atoms with E-state index in [0.29, 0.717) is 10.6 Å². The van der Waals surface area contributed by atoms with E-state index in [2.05, 4.69) is 5.10 Å². The van der Waals surface area contributed by atoms with Crippen LogP contribution in [0.25, 0.3) is 5.69 Å². The Balaban J connectivity index is 2.69. The number of thioether (sulfide) groups is 1. The summed E-state index contributed by atoms with van der Waals surface area (Å²) in [5.74, 6) is 0.199. The van der Waals surface area contributed by atoms with Gasteiger partial charge in [-0.25, -0.2) is 0 Å². The van der Waals surface area contributed by atoms with Crippen molar-refractivity contribution in [2.45, 2.75) is 24.9 Å². The molecular formula is C14H10Cl2F3N3OS. The number of benzene rings is 1. The lowest BCUT2D eigenvalue weighted by molar-refractivity contribution is -0.137. The number of nitriles is 1. The number of hydrogen-bond acceptors (Lipinski definition) is 4. The average molecular weight is 396 g/mol. The highest BCUT2D eigenvalue weighted by molar-refractivity contribution is 8.03. The minimum absolute atomic E-state index is 0.0580. The predicted octanol–water partition coefficient (Wildman–Crippen LogP) is 5.48. The van der Waals surface area contributed by atoms with Crippen molar-refractivity contribution in [2.75, 3.05) is 6.61 Å². The third kappa shape index (κ3) is 3.58. The summed E-state index contributed by atoms with van der Waals surface area (Å²) in [4.78, 5) is 0.450. The second kappa shape index (κ2) is 7.13. The van der Waals surface area contributed by atoms with Gasteiger partial charge in [0, 0.05) is 0 Å². The van der Waals surface area contributed by atoms with Crippen molar-refractivity contribution in [3.8, 4) is 17.0 Å². The van der Waals surface area contributed by atoms with Gasteiger partial charge in [-0.2, -0.15) is 28.2 Å². The smallest absolute Gasteiger partial charge is 0.416 e. The summed E-state index contributed by atoms with van der Waals surface area (Å²) in [6.45, 7) is 3.63. The fraction of sp³-hybridized carbons (Fsp3) is 0.286. The summed E-state index contributed by atoms with van der Waals surface area (Å²) >= 11 is 12.9. The number of alkyl halides is 3. The van der Waals surface area contributed by atoms with Crippen molar-refractivity contribution in [3.63, 3.8) is 0 Å². The van der Waals surface area contributed by atoms with Crippen molar-refractivity contribution < 1.29 is 17.9 Å². The first-order valence-corrected chi connectivity index (χ1v) is 8.12. The van der Waals surface area contributed by atoms with E-state index < -0.39 is 11.7 Å². The van der Waals surface area contributed by atoms with Crippen molar-refractivity contribution in [3.05, 3.63) is 33.4 Å². The molecule has 0 fully saturated rings. The molecule has 1 aromatic heterocycles. The maximum Gasteiger partial charge on any atom is 0.416 e. The first-order valence-electron chi connectivity index (χ1n) is 6.55. The van der Waals surface area contributed by atoms with Crippen LogP contribution in [0, 0.1) is 17.6 Å². The molecule has 0 bridgehead atoms. The summed E-state index contributed by atoms with van der Waals surface area (Å²) in [5.41, 5.74) is -0.436. The van der Waals surface area contributed by atoms with Gasteiger partial charge in [0.15, 0.2) is 0 Å². The molecule has 0 aliphatic heterocycles. The SMILES string of the molecule is CCOc1c(SC#N)c(C)nn1-c1c(Cl)cc(C(F)(F)F)cc1Cl. The molecule has 0 saturated heterocycles. The predicted molar refractivity (Wildman–Crippen MR) is 86.0 cm³/mol.